The summed E-state index contributed by atoms with van der Waals surface area (Å²) < 4.78 is 10.2. The van der Waals surface area contributed by atoms with Gasteiger partial charge in [-0.25, -0.2) is 0 Å². The van der Waals surface area contributed by atoms with E-state index in [1.807, 2.05) is 0 Å². The largest absolute Gasteiger partial charge is 0.391 e. The average Bonchev–Trinajstić information content (AvgIpc) is 2.31. The molecule has 2 atom stereocenters. The molecule has 16 heavy (non-hydrogen) atoms. The zero-order valence-electron chi connectivity index (χ0n) is 10.5. The van der Waals surface area contributed by atoms with Gasteiger partial charge in [0.1, 0.15) is 0 Å². The minimum Gasteiger partial charge on any atom is -0.391 e. The van der Waals surface area contributed by atoms with Gasteiger partial charge >= 0.3 is 0 Å². The Morgan fingerprint density at radius 3 is 2.12 bits per heavy atom. The zero-order chi connectivity index (χ0) is 11.8. The number of rotatable bonds is 7. The van der Waals surface area contributed by atoms with Crippen molar-refractivity contribution in [2.75, 3.05) is 40.5 Å². The average molecular weight is 231 g/mol. The van der Waals surface area contributed by atoms with Crippen LogP contribution in [0.5, 0.6) is 0 Å². The highest BCUT2D eigenvalue weighted by molar-refractivity contribution is 4.83. The fourth-order valence-corrected chi connectivity index (χ4v) is 2.38. The SMILES string of the molecule is COCCN(CCOC)[C@H]1CCCC[C@@H]1O. The molecule has 0 aliphatic heterocycles. The standard InChI is InChI=1S/C12H25NO3/c1-15-9-7-13(8-10-16-2)11-5-3-4-6-12(11)14/h11-12,14H,3-10H2,1-2H3/t11-,12-/m0/s1. The molecule has 1 saturated carbocycles. The Morgan fingerprint density at radius 2 is 1.62 bits per heavy atom. The van der Waals surface area contributed by atoms with Crippen LogP contribution in [0.15, 0.2) is 0 Å². The van der Waals surface area contributed by atoms with Crippen molar-refractivity contribution < 1.29 is 14.6 Å². The molecule has 0 saturated heterocycles. The fourth-order valence-electron chi connectivity index (χ4n) is 2.38. The summed E-state index contributed by atoms with van der Waals surface area (Å²) in [5.41, 5.74) is 0. The Morgan fingerprint density at radius 1 is 1.06 bits per heavy atom. The summed E-state index contributed by atoms with van der Waals surface area (Å²) in [6, 6.07) is 0.291. The van der Waals surface area contributed by atoms with E-state index in [1.54, 1.807) is 14.2 Å². The van der Waals surface area contributed by atoms with Crippen molar-refractivity contribution in [2.24, 2.45) is 0 Å². The molecule has 1 rings (SSSR count). The van der Waals surface area contributed by atoms with E-state index in [0.29, 0.717) is 19.3 Å². The summed E-state index contributed by atoms with van der Waals surface area (Å²) in [7, 11) is 3.43. The Labute approximate surface area is 98.5 Å². The van der Waals surface area contributed by atoms with Crippen molar-refractivity contribution in [3.63, 3.8) is 0 Å². The molecule has 1 aliphatic rings. The maximum atomic E-state index is 10.0. The van der Waals surface area contributed by atoms with E-state index in [0.717, 1.165) is 32.4 Å². The maximum Gasteiger partial charge on any atom is 0.0695 e. The van der Waals surface area contributed by atoms with Crippen LogP contribution in [0.25, 0.3) is 0 Å². The molecule has 0 aromatic heterocycles. The summed E-state index contributed by atoms with van der Waals surface area (Å²) >= 11 is 0. The molecular formula is C12H25NO3. The lowest BCUT2D eigenvalue weighted by Gasteiger charge is -2.37. The van der Waals surface area contributed by atoms with Crippen molar-refractivity contribution >= 4 is 0 Å². The quantitative estimate of drug-likeness (QED) is 0.706. The summed E-state index contributed by atoms with van der Waals surface area (Å²) in [6.45, 7) is 3.18. The summed E-state index contributed by atoms with van der Waals surface area (Å²) in [6.07, 6.45) is 4.22. The minimum atomic E-state index is -0.178. The fraction of sp³-hybridized carbons (Fsp3) is 1.00. The Hall–Kier alpha value is -0.160. The van der Waals surface area contributed by atoms with E-state index in [1.165, 1.54) is 6.42 Å². The lowest BCUT2D eigenvalue weighted by Crippen LogP contribution is -2.48. The monoisotopic (exact) mass is 231 g/mol. The Balaban J connectivity index is 2.44. The number of ether oxygens (including phenoxy) is 2. The first-order chi connectivity index (χ1) is 7.79. The van der Waals surface area contributed by atoms with E-state index in [2.05, 4.69) is 4.90 Å². The molecule has 1 aliphatic carbocycles. The van der Waals surface area contributed by atoms with E-state index >= 15 is 0 Å². The predicted octanol–water partition coefficient (Wildman–Crippen LogP) is 0.885. The first-order valence-corrected chi connectivity index (χ1v) is 6.19. The van der Waals surface area contributed by atoms with Crippen molar-refractivity contribution in [1.82, 2.24) is 4.90 Å². The second-order valence-corrected chi connectivity index (χ2v) is 4.44. The number of hydrogen-bond donors (Lipinski definition) is 1. The highest BCUT2D eigenvalue weighted by atomic mass is 16.5. The molecule has 1 N–H and O–H groups in total. The molecule has 0 spiro atoms. The van der Waals surface area contributed by atoms with Gasteiger partial charge < -0.3 is 14.6 Å². The molecule has 96 valence electrons. The van der Waals surface area contributed by atoms with Crippen molar-refractivity contribution in [2.45, 2.75) is 37.8 Å². The molecule has 4 nitrogen and oxygen atoms in total. The van der Waals surface area contributed by atoms with Crippen LogP contribution < -0.4 is 0 Å². The molecule has 4 heteroatoms. The van der Waals surface area contributed by atoms with Crippen LogP contribution in [0.3, 0.4) is 0 Å². The van der Waals surface area contributed by atoms with Gasteiger partial charge in [0.25, 0.3) is 0 Å². The van der Waals surface area contributed by atoms with Gasteiger partial charge in [0.2, 0.25) is 0 Å². The summed E-state index contributed by atoms with van der Waals surface area (Å²) in [4.78, 5) is 2.30. The topological polar surface area (TPSA) is 41.9 Å². The van der Waals surface area contributed by atoms with Crippen LogP contribution in [0.2, 0.25) is 0 Å². The van der Waals surface area contributed by atoms with Crippen LogP contribution in [-0.2, 0) is 9.47 Å². The number of aliphatic hydroxyl groups is 1. The van der Waals surface area contributed by atoms with Gasteiger partial charge in [0.15, 0.2) is 0 Å². The van der Waals surface area contributed by atoms with Gasteiger partial charge in [-0.05, 0) is 12.8 Å². The number of methoxy groups -OCH3 is 2. The van der Waals surface area contributed by atoms with Crippen LogP contribution in [0, 0.1) is 0 Å². The predicted molar refractivity (Wildman–Crippen MR) is 63.6 cm³/mol. The van der Waals surface area contributed by atoms with E-state index in [4.69, 9.17) is 9.47 Å². The van der Waals surface area contributed by atoms with Gasteiger partial charge in [0.05, 0.1) is 19.3 Å². The maximum absolute atomic E-state index is 10.0. The molecule has 1 fully saturated rings. The van der Waals surface area contributed by atoms with Gasteiger partial charge in [0, 0.05) is 33.4 Å². The normalized spacial score (nSPS) is 26.2. The summed E-state index contributed by atoms with van der Waals surface area (Å²) in [5, 5.41) is 10.0. The van der Waals surface area contributed by atoms with Crippen molar-refractivity contribution in [1.29, 1.82) is 0 Å². The van der Waals surface area contributed by atoms with E-state index < -0.39 is 0 Å². The molecule has 0 aromatic rings. The van der Waals surface area contributed by atoms with Crippen LogP contribution >= 0.6 is 0 Å². The van der Waals surface area contributed by atoms with Crippen LogP contribution in [0.1, 0.15) is 25.7 Å². The highest BCUT2D eigenvalue weighted by Crippen LogP contribution is 2.22. The van der Waals surface area contributed by atoms with Gasteiger partial charge in [-0.2, -0.15) is 0 Å². The third-order valence-electron chi connectivity index (χ3n) is 3.33. The zero-order valence-corrected chi connectivity index (χ0v) is 10.5. The molecule has 0 aromatic carbocycles. The molecule has 0 radical (unpaired) electrons. The molecule has 0 amide bonds. The van der Waals surface area contributed by atoms with Gasteiger partial charge in [-0.1, -0.05) is 12.8 Å². The minimum absolute atomic E-state index is 0.178. The van der Waals surface area contributed by atoms with E-state index in [-0.39, 0.29) is 6.10 Å². The Kier molecular flexibility index (Phi) is 6.96. The molecular weight excluding hydrogens is 206 g/mol. The van der Waals surface area contributed by atoms with Crippen LogP contribution in [-0.4, -0.2) is 62.7 Å². The van der Waals surface area contributed by atoms with Crippen molar-refractivity contribution in [3.8, 4) is 0 Å². The molecule has 0 unspecified atom stereocenters. The molecule has 0 heterocycles. The lowest BCUT2D eigenvalue weighted by atomic mass is 9.91. The third-order valence-corrected chi connectivity index (χ3v) is 3.33. The number of hydrogen-bond acceptors (Lipinski definition) is 4. The number of aliphatic hydroxyl groups excluding tert-OH is 1. The smallest absolute Gasteiger partial charge is 0.0695 e. The van der Waals surface area contributed by atoms with Gasteiger partial charge in [-0.15, -0.1) is 0 Å². The number of nitrogens with zero attached hydrogens (tertiary/aromatic N) is 1. The highest BCUT2D eigenvalue weighted by Gasteiger charge is 2.28. The second kappa shape index (κ2) is 8.01. The van der Waals surface area contributed by atoms with Crippen LogP contribution in [0.4, 0.5) is 0 Å². The van der Waals surface area contributed by atoms with Crippen molar-refractivity contribution in [3.05, 3.63) is 0 Å². The van der Waals surface area contributed by atoms with Gasteiger partial charge in [-0.3, -0.25) is 4.90 Å². The second-order valence-electron chi connectivity index (χ2n) is 4.44. The first kappa shape index (κ1) is 13.9. The van der Waals surface area contributed by atoms with E-state index in [9.17, 15) is 5.11 Å². The Bertz CT molecular complexity index is 170. The summed E-state index contributed by atoms with van der Waals surface area (Å²) in [5.74, 6) is 0. The lowest BCUT2D eigenvalue weighted by molar-refractivity contribution is -0.00115. The first-order valence-electron chi connectivity index (χ1n) is 6.19. The molecule has 0 bridgehead atoms. The third kappa shape index (κ3) is 4.37.